The van der Waals surface area contributed by atoms with Crippen molar-refractivity contribution in [3.8, 4) is 0 Å². The summed E-state index contributed by atoms with van der Waals surface area (Å²) in [4.78, 5) is 0. The number of hydrogen-bond acceptors (Lipinski definition) is 3. The van der Waals surface area contributed by atoms with Crippen LogP contribution in [0.25, 0.3) is 0 Å². The van der Waals surface area contributed by atoms with E-state index in [1.165, 1.54) is 6.54 Å². The molecular weight excluding hydrogens is 229 g/mol. The van der Waals surface area contributed by atoms with E-state index in [2.05, 4.69) is 26.0 Å². The number of rotatable bonds is 0. The van der Waals surface area contributed by atoms with E-state index in [0.29, 0.717) is 0 Å². The Morgan fingerprint density at radius 3 is 2.56 bits per heavy atom. The monoisotopic (exact) mass is 239 g/mol. The van der Waals surface area contributed by atoms with E-state index >= 15 is 0 Å². The van der Waals surface area contributed by atoms with E-state index in [1.807, 2.05) is 5.01 Å². The van der Waals surface area contributed by atoms with Crippen molar-refractivity contribution < 1.29 is 0 Å². The van der Waals surface area contributed by atoms with Crippen molar-refractivity contribution >= 4 is 22.9 Å². The van der Waals surface area contributed by atoms with Crippen LogP contribution in [0.3, 0.4) is 0 Å². The molecule has 52 valence electrons. The third kappa shape index (κ3) is 0.886. The minimum absolute atomic E-state index is 0.760. The zero-order valence-electron chi connectivity index (χ0n) is 5.13. The van der Waals surface area contributed by atoms with Crippen LogP contribution in [-0.2, 0) is 0 Å². The van der Waals surface area contributed by atoms with Gasteiger partial charge in [-0.3, -0.25) is 5.84 Å². The standard InChI is InChI=1S/C5H10IN3/c6-9-2-4-1-8(7)3-5(4)9/h4-5H,1-3,7H2/t4-,5-/m0/s1. The Kier molecular flexibility index (Phi) is 1.44. The first kappa shape index (κ1) is 6.33. The molecule has 3 nitrogen and oxygen atoms in total. The van der Waals surface area contributed by atoms with Gasteiger partial charge in [0.2, 0.25) is 0 Å². The summed E-state index contributed by atoms with van der Waals surface area (Å²) < 4.78 is 2.34. The smallest absolute Gasteiger partial charge is 0.0389 e. The zero-order chi connectivity index (χ0) is 6.43. The van der Waals surface area contributed by atoms with Gasteiger partial charge in [-0.15, -0.1) is 0 Å². The minimum atomic E-state index is 0.760. The highest BCUT2D eigenvalue weighted by molar-refractivity contribution is 14.1. The highest BCUT2D eigenvalue weighted by Crippen LogP contribution is 2.33. The molecule has 0 aromatic rings. The number of hydrogen-bond donors (Lipinski definition) is 1. The molecule has 0 aromatic carbocycles. The zero-order valence-corrected chi connectivity index (χ0v) is 7.28. The first-order chi connectivity index (χ1) is 4.27. The van der Waals surface area contributed by atoms with Crippen molar-refractivity contribution in [2.24, 2.45) is 11.8 Å². The van der Waals surface area contributed by atoms with Crippen LogP contribution in [0.4, 0.5) is 0 Å². The molecule has 0 bridgehead atoms. The molecule has 0 aliphatic carbocycles. The van der Waals surface area contributed by atoms with Gasteiger partial charge in [-0.1, -0.05) is 0 Å². The number of nitrogens with zero attached hydrogens (tertiary/aromatic N) is 2. The van der Waals surface area contributed by atoms with Crippen LogP contribution in [0.5, 0.6) is 0 Å². The summed E-state index contributed by atoms with van der Waals surface area (Å²) in [6.07, 6.45) is 0. The van der Waals surface area contributed by atoms with Gasteiger partial charge in [-0.25, -0.2) is 8.12 Å². The average molecular weight is 239 g/mol. The fourth-order valence-corrected chi connectivity index (χ4v) is 2.74. The van der Waals surface area contributed by atoms with Gasteiger partial charge in [0.05, 0.1) is 0 Å². The highest BCUT2D eigenvalue weighted by Gasteiger charge is 2.43. The fraction of sp³-hybridized carbons (Fsp3) is 1.00. The predicted molar refractivity (Wildman–Crippen MR) is 43.8 cm³/mol. The van der Waals surface area contributed by atoms with Gasteiger partial charge in [0.25, 0.3) is 0 Å². The van der Waals surface area contributed by atoms with Crippen LogP contribution >= 0.6 is 22.9 Å². The Morgan fingerprint density at radius 2 is 2.11 bits per heavy atom. The van der Waals surface area contributed by atoms with Crippen molar-refractivity contribution in [2.75, 3.05) is 19.6 Å². The van der Waals surface area contributed by atoms with Crippen LogP contribution in [0.2, 0.25) is 0 Å². The molecule has 2 saturated heterocycles. The molecule has 0 unspecified atom stereocenters. The summed E-state index contributed by atoms with van der Waals surface area (Å²) in [5.74, 6) is 6.49. The summed E-state index contributed by atoms with van der Waals surface area (Å²) in [5.41, 5.74) is 0. The molecular formula is C5H10IN3. The van der Waals surface area contributed by atoms with E-state index in [4.69, 9.17) is 5.84 Å². The van der Waals surface area contributed by atoms with Crippen LogP contribution in [0.1, 0.15) is 0 Å². The van der Waals surface area contributed by atoms with Crippen molar-refractivity contribution in [3.63, 3.8) is 0 Å². The predicted octanol–water partition coefficient (Wildman–Crippen LogP) is -0.174. The van der Waals surface area contributed by atoms with Crippen LogP contribution < -0.4 is 5.84 Å². The summed E-state index contributed by atoms with van der Waals surface area (Å²) in [6, 6.07) is 0.760. The van der Waals surface area contributed by atoms with Crippen LogP contribution in [0.15, 0.2) is 0 Å². The van der Waals surface area contributed by atoms with Gasteiger partial charge in [-0.05, 0) is 0 Å². The lowest BCUT2D eigenvalue weighted by atomic mass is 9.96. The molecule has 4 heteroatoms. The Hall–Kier alpha value is 0.610. The summed E-state index contributed by atoms with van der Waals surface area (Å²) >= 11 is 2.37. The van der Waals surface area contributed by atoms with Crippen molar-refractivity contribution in [2.45, 2.75) is 6.04 Å². The third-order valence-electron chi connectivity index (χ3n) is 2.20. The lowest BCUT2D eigenvalue weighted by molar-refractivity contribution is 0.188. The number of halogens is 1. The fourth-order valence-electron chi connectivity index (χ4n) is 1.60. The van der Waals surface area contributed by atoms with Gasteiger partial charge in [0, 0.05) is 54.5 Å². The Labute approximate surface area is 68.6 Å². The van der Waals surface area contributed by atoms with E-state index < -0.39 is 0 Å². The van der Waals surface area contributed by atoms with E-state index in [1.54, 1.807) is 0 Å². The SMILES string of the molecule is NN1C[C@H]2CN(I)[C@H]2C1. The first-order valence-corrected chi connectivity index (χ1v) is 4.16. The van der Waals surface area contributed by atoms with Gasteiger partial charge in [0.1, 0.15) is 0 Å². The topological polar surface area (TPSA) is 32.5 Å². The third-order valence-corrected chi connectivity index (χ3v) is 3.31. The first-order valence-electron chi connectivity index (χ1n) is 3.19. The molecule has 0 aromatic heterocycles. The second-order valence-electron chi connectivity index (χ2n) is 2.86. The number of nitrogens with two attached hydrogens (primary N) is 1. The van der Waals surface area contributed by atoms with Crippen molar-refractivity contribution in [1.29, 1.82) is 0 Å². The molecule has 2 atom stereocenters. The largest absolute Gasteiger partial charge is 0.269 e. The molecule has 0 amide bonds. The van der Waals surface area contributed by atoms with Gasteiger partial charge in [-0.2, -0.15) is 0 Å². The molecule has 2 aliphatic rings. The summed E-state index contributed by atoms with van der Waals surface area (Å²) in [7, 11) is 0. The molecule has 9 heavy (non-hydrogen) atoms. The quantitative estimate of drug-likeness (QED) is 0.362. The maximum Gasteiger partial charge on any atom is 0.0389 e. The second-order valence-corrected chi connectivity index (χ2v) is 4.10. The number of hydrazine groups is 1. The highest BCUT2D eigenvalue weighted by atomic mass is 127. The second kappa shape index (κ2) is 2.05. The summed E-state index contributed by atoms with van der Waals surface area (Å²) in [5, 5.41) is 1.92. The lowest BCUT2D eigenvalue weighted by Crippen LogP contribution is -2.49. The van der Waals surface area contributed by atoms with E-state index in [0.717, 1.165) is 25.0 Å². The molecule has 0 saturated carbocycles. The summed E-state index contributed by atoms with van der Waals surface area (Å²) in [6.45, 7) is 3.40. The molecule has 0 spiro atoms. The Bertz CT molecular complexity index is 129. The molecule has 2 aliphatic heterocycles. The lowest BCUT2D eigenvalue weighted by Gasteiger charge is -2.38. The van der Waals surface area contributed by atoms with Crippen LogP contribution in [-0.4, -0.2) is 33.8 Å². The van der Waals surface area contributed by atoms with Crippen LogP contribution in [0, 0.1) is 5.92 Å². The maximum absolute atomic E-state index is 5.62. The molecule has 2 fully saturated rings. The Morgan fingerprint density at radius 1 is 1.33 bits per heavy atom. The number of fused-ring (bicyclic) bond motifs is 1. The normalized spacial score (nSPS) is 44.7. The van der Waals surface area contributed by atoms with E-state index in [9.17, 15) is 0 Å². The Balaban J connectivity index is 2.00. The molecule has 2 heterocycles. The van der Waals surface area contributed by atoms with E-state index in [-0.39, 0.29) is 0 Å². The average Bonchev–Trinajstić information content (AvgIpc) is 2.08. The van der Waals surface area contributed by atoms with Gasteiger partial charge >= 0.3 is 0 Å². The molecule has 2 N–H and O–H groups in total. The molecule has 2 rings (SSSR count). The van der Waals surface area contributed by atoms with Crippen molar-refractivity contribution in [1.82, 2.24) is 8.12 Å². The minimum Gasteiger partial charge on any atom is -0.269 e. The van der Waals surface area contributed by atoms with Gasteiger partial charge < -0.3 is 0 Å². The van der Waals surface area contributed by atoms with Crippen molar-refractivity contribution in [3.05, 3.63) is 0 Å². The van der Waals surface area contributed by atoms with Gasteiger partial charge in [0.15, 0.2) is 0 Å². The maximum atomic E-state index is 5.62. The molecule has 0 radical (unpaired) electrons.